The molecule has 0 aliphatic carbocycles. The number of nitro groups is 1. The zero-order valence-electron chi connectivity index (χ0n) is 13.5. The quantitative estimate of drug-likeness (QED) is 0.372. The Bertz CT molecular complexity index is 886. The number of carbonyl (C=O) groups is 2. The molecule has 0 saturated carbocycles. The number of carbonyl (C=O) groups excluding carboxylic acids is 2. The molecule has 1 heterocycles. The zero-order chi connectivity index (χ0) is 18.7. The van der Waals surface area contributed by atoms with E-state index in [-0.39, 0.29) is 37.0 Å². The van der Waals surface area contributed by atoms with Crippen molar-refractivity contribution >= 4 is 34.9 Å². The maximum absolute atomic E-state index is 12.2. The Labute approximate surface area is 153 Å². The number of non-ortho nitro benzene ring substituents is 1. The van der Waals surface area contributed by atoms with Crippen molar-refractivity contribution in [2.45, 2.75) is 6.54 Å². The summed E-state index contributed by atoms with van der Waals surface area (Å²) in [5.74, 6) is -0.838. The summed E-state index contributed by atoms with van der Waals surface area (Å²) in [6.07, 6.45) is 0. The van der Waals surface area contributed by atoms with Crippen molar-refractivity contribution in [3.05, 3.63) is 63.2 Å². The number of benzene rings is 2. The van der Waals surface area contributed by atoms with E-state index in [9.17, 15) is 19.7 Å². The van der Waals surface area contributed by atoms with Gasteiger partial charge in [-0.15, -0.1) is 0 Å². The summed E-state index contributed by atoms with van der Waals surface area (Å²) in [5.41, 5.74) is 1.03. The molecule has 0 spiro atoms. The van der Waals surface area contributed by atoms with Crippen molar-refractivity contribution in [3.63, 3.8) is 0 Å². The first-order valence-corrected chi connectivity index (χ1v) is 8.06. The van der Waals surface area contributed by atoms with E-state index in [1.165, 1.54) is 23.1 Å². The van der Waals surface area contributed by atoms with E-state index in [0.717, 1.165) is 5.56 Å². The first-order chi connectivity index (χ1) is 12.4. The fourth-order valence-corrected chi connectivity index (χ4v) is 2.76. The van der Waals surface area contributed by atoms with Crippen LogP contribution in [0.1, 0.15) is 5.56 Å². The number of esters is 1. The molecule has 2 aromatic carbocycles. The molecule has 0 atom stereocenters. The molecule has 8 nitrogen and oxygen atoms in total. The molecule has 0 radical (unpaired) electrons. The molecule has 1 aliphatic heterocycles. The van der Waals surface area contributed by atoms with Crippen molar-refractivity contribution in [3.8, 4) is 5.75 Å². The first kappa shape index (κ1) is 17.7. The molecular formula is C17H14ClN3O5. The van der Waals surface area contributed by atoms with Crippen molar-refractivity contribution < 1.29 is 19.2 Å². The Morgan fingerprint density at radius 1 is 1.31 bits per heavy atom. The number of amides is 1. The standard InChI is InChI=1S/C17H14ClN3O5/c18-13-4-2-1-3-11(13)8-19-16(22)9-20-10-17(23)26-15-7-12(21(24)25)5-6-14(15)20/h1-7H,8-10H2,(H,19,22). The second-order valence-electron chi connectivity index (χ2n) is 5.61. The maximum Gasteiger partial charge on any atom is 0.331 e. The lowest BCUT2D eigenvalue weighted by Crippen LogP contribution is -2.43. The number of fused-ring (bicyclic) bond motifs is 1. The molecule has 2 aromatic rings. The highest BCUT2D eigenvalue weighted by molar-refractivity contribution is 6.31. The summed E-state index contributed by atoms with van der Waals surface area (Å²) >= 11 is 6.05. The van der Waals surface area contributed by atoms with E-state index < -0.39 is 10.9 Å². The van der Waals surface area contributed by atoms with Crippen molar-refractivity contribution in [1.29, 1.82) is 0 Å². The number of ether oxygens (including phenoxy) is 1. The van der Waals surface area contributed by atoms with Gasteiger partial charge in [-0.1, -0.05) is 29.8 Å². The van der Waals surface area contributed by atoms with Gasteiger partial charge in [0.15, 0.2) is 5.75 Å². The Balaban J connectivity index is 1.70. The number of nitrogens with one attached hydrogen (secondary N) is 1. The largest absolute Gasteiger partial charge is 0.423 e. The fraction of sp³-hybridized carbons (Fsp3) is 0.176. The summed E-state index contributed by atoms with van der Waals surface area (Å²) in [4.78, 5) is 35.7. The maximum atomic E-state index is 12.2. The van der Waals surface area contributed by atoms with Crippen molar-refractivity contribution in [2.75, 3.05) is 18.0 Å². The molecule has 134 valence electrons. The third-order valence-corrected chi connectivity index (χ3v) is 4.18. The lowest BCUT2D eigenvalue weighted by Gasteiger charge is -2.29. The molecular weight excluding hydrogens is 362 g/mol. The van der Waals surface area contributed by atoms with Crippen LogP contribution in [0.4, 0.5) is 11.4 Å². The highest BCUT2D eigenvalue weighted by Crippen LogP contribution is 2.34. The van der Waals surface area contributed by atoms with Crippen LogP contribution in [0, 0.1) is 10.1 Å². The predicted octanol–water partition coefficient (Wildman–Crippen LogP) is 2.29. The summed E-state index contributed by atoms with van der Waals surface area (Å²) in [6, 6.07) is 11.1. The van der Waals surface area contributed by atoms with Crippen LogP contribution >= 0.6 is 11.6 Å². The second kappa shape index (κ2) is 7.40. The van der Waals surface area contributed by atoms with E-state index >= 15 is 0 Å². The number of halogens is 1. The minimum Gasteiger partial charge on any atom is -0.423 e. The van der Waals surface area contributed by atoms with Crippen LogP contribution in [0.3, 0.4) is 0 Å². The molecule has 0 saturated heterocycles. The number of nitro benzene ring substituents is 1. The van der Waals surface area contributed by atoms with E-state index in [1.54, 1.807) is 18.2 Å². The van der Waals surface area contributed by atoms with Gasteiger partial charge in [0.25, 0.3) is 5.69 Å². The van der Waals surface area contributed by atoms with Crippen LogP contribution in [0.2, 0.25) is 5.02 Å². The lowest BCUT2D eigenvalue weighted by molar-refractivity contribution is -0.384. The van der Waals surface area contributed by atoms with Gasteiger partial charge in [0, 0.05) is 17.6 Å². The monoisotopic (exact) mass is 375 g/mol. The molecule has 1 amide bonds. The molecule has 0 fully saturated rings. The average molecular weight is 376 g/mol. The Morgan fingerprint density at radius 3 is 2.81 bits per heavy atom. The molecule has 9 heteroatoms. The SMILES string of the molecule is O=C(CN1CC(=O)Oc2cc([N+](=O)[O-])ccc21)NCc1ccccc1Cl. The van der Waals surface area contributed by atoms with E-state index in [2.05, 4.69) is 5.32 Å². The second-order valence-corrected chi connectivity index (χ2v) is 6.01. The van der Waals surface area contributed by atoms with Gasteiger partial charge in [0.05, 0.1) is 23.2 Å². The molecule has 1 N–H and O–H groups in total. The van der Waals surface area contributed by atoms with E-state index in [0.29, 0.717) is 10.7 Å². The van der Waals surface area contributed by atoms with Crippen LogP contribution in [0.15, 0.2) is 42.5 Å². The van der Waals surface area contributed by atoms with Gasteiger partial charge in [0.1, 0.15) is 6.54 Å². The summed E-state index contributed by atoms with van der Waals surface area (Å²) < 4.78 is 5.05. The predicted molar refractivity (Wildman–Crippen MR) is 94.2 cm³/mol. The van der Waals surface area contributed by atoms with Crippen LogP contribution in [0.25, 0.3) is 0 Å². The minimum atomic E-state index is -0.586. The van der Waals surface area contributed by atoms with Crippen LogP contribution in [-0.4, -0.2) is 29.9 Å². The van der Waals surface area contributed by atoms with Gasteiger partial charge in [-0.3, -0.25) is 14.9 Å². The summed E-state index contributed by atoms with van der Waals surface area (Å²) in [5, 5.41) is 14.1. The molecule has 3 rings (SSSR count). The summed E-state index contributed by atoms with van der Waals surface area (Å²) in [6.45, 7) is 0.0403. The number of hydrogen-bond donors (Lipinski definition) is 1. The van der Waals surface area contributed by atoms with E-state index in [1.807, 2.05) is 6.07 Å². The van der Waals surface area contributed by atoms with Gasteiger partial charge < -0.3 is 15.0 Å². The van der Waals surface area contributed by atoms with Gasteiger partial charge >= 0.3 is 5.97 Å². The Kier molecular flexibility index (Phi) is 5.04. The van der Waals surface area contributed by atoms with Gasteiger partial charge in [-0.05, 0) is 17.7 Å². The highest BCUT2D eigenvalue weighted by atomic mass is 35.5. The van der Waals surface area contributed by atoms with Gasteiger partial charge in [-0.25, -0.2) is 4.79 Å². The van der Waals surface area contributed by atoms with Crippen molar-refractivity contribution in [1.82, 2.24) is 5.32 Å². The lowest BCUT2D eigenvalue weighted by atomic mass is 10.2. The number of rotatable bonds is 5. The molecule has 0 bridgehead atoms. The first-order valence-electron chi connectivity index (χ1n) is 7.68. The molecule has 0 unspecified atom stereocenters. The van der Waals surface area contributed by atoms with Crippen LogP contribution in [0.5, 0.6) is 5.75 Å². The van der Waals surface area contributed by atoms with Crippen LogP contribution in [-0.2, 0) is 16.1 Å². The normalized spacial score (nSPS) is 13.0. The summed E-state index contributed by atoms with van der Waals surface area (Å²) in [7, 11) is 0. The van der Waals surface area contributed by atoms with Gasteiger partial charge in [0.2, 0.25) is 5.91 Å². The number of hydrogen-bond acceptors (Lipinski definition) is 6. The van der Waals surface area contributed by atoms with Gasteiger partial charge in [-0.2, -0.15) is 0 Å². The topological polar surface area (TPSA) is 102 Å². The number of anilines is 1. The Hall–Kier alpha value is -3.13. The van der Waals surface area contributed by atoms with E-state index in [4.69, 9.17) is 16.3 Å². The minimum absolute atomic E-state index is 0.0642. The molecule has 26 heavy (non-hydrogen) atoms. The highest BCUT2D eigenvalue weighted by Gasteiger charge is 2.27. The smallest absolute Gasteiger partial charge is 0.331 e. The number of nitrogens with zero attached hydrogens (tertiary/aromatic N) is 2. The third-order valence-electron chi connectivity index (χ3n) is 3.81. The molecule has 0 aromatic heterocycles. The zero-order valence-corrected chi connectivity index (χ0v) is 14.2. The third kappa shape index (κ3) is 3.92. The Morgan fingerprint density at radius 2 is 2.08 bits per heavy atom. The fourth-order valence-electron chi connectivity index (χ4n) is 2.56. The molecule has 1 aliphatic rings. The van der Waals surface area contributed by atoms with Crippen LogP contribution < -0.4 is 15.0 Å². The van der Waals surface area contributed by atoms with Crippen molar-refractivity contribution in [2.24, 2.45) is 0 Å². The average Bonchev–Trinajstić information content (AvgIpc) is 2.60.